The molecule has 0 spiro atoms. The molecule has 0 radical (unpaired) electrons. The number of thiophene rings is 1. The Labute approximate surface area is 159 Å². The van der Waals surface area contributed by atoms with E-state index in [0.29, 0.717) is 0 Å². The van der Waals surface area contributed by atoms with E-state index >= 15 is 0 Å². The summed E-state index contributed by atoms with van der Waals surface area (Å²) in [7, 11) is 1.68. The molecular weight excluding hydrogens is 346 g/mol. The highest BCUT2D eigenvalue weighted by Crippen LogP contribution is 2.35. The van der Waals surface area contributed by atoms with Crippen molar-refractivity contribution in [2.75, 3.05) is 26.8 Å². The van der Waals surface area contributed by atoms with Gasteiger partial charge in [-0.25, -0.2) is 0 Å². The lowest BCUT2D eigenvalue weighted by molar-refractivity contribution is 0.0289. The predicted octanol–water partition coefficient (Wildman–Crippen LogP) is 3.78. The van der Waals surface area contributed by atoms with Crippen LogP contribution in [0.4, 0.5) is 0 Å². The Morgan fingerprint density at radius 2 is 2.19 bits per heavy atom. The third kappa shape index (κ3) is 4.53. The van der Waals surface area contributed by atoms with E-state index < -0.39 is 0 Å². The minimum Gasteiger partial charge on any atom is -0.497 e. The molecule has 5 heteroatoms. The molecular formula is C21H27NO3S. The number of piperidine rings is 1. The van der Waals surface area contributed by atoms with E-state index in [1.54, 1.807) is 14.0 Å². The lowest BCUT2D eigenvalue weighted by Gasteiger charge is -2.42. The molecule has 1 aliphatic heterocycles. The summed E-state index contributed by atoms with van der Waals surface area (Å²) in [5, 5.41) is 12.3. The van der Waals surface area contributed by atoms with Crippen molar-refractivity contribution in [2.45, 2.75) is 32.7 Å². The van der Waals surface area contributed by atoms with E-state index in [1.807, 2.05) is 18.2 Å². The second kappa shape index (κ2) is 8.33. The van der Waals surface area contributed by atoms with Gasteiger partial charge < -0.3 is 9.84 Å². The summed E-state index contributed by atoms with van der Waals surface area (Å²) >= 11 is 1.52. The first-order valence-electron chi connectivity index (χ1n) is 9.08. The molecule has 0 bridgehead atoms. The Balaban J connectivity index is 1.70. The first-order valence-corrected chi connectivity index (χ1v) is 9.96. The molecule has 2 aromatic rings. The van der Waals surface area contributed by atoms with Crippen molar-refractivity contribution in [3.05, 3.63) is 51.7 Å². The molecule has 1 unspecified atom stereocenters. The van der Waals surface area contributed by atoms with Crippen molar-refractivity contribution in [1.82, 2.24) is 4.90 Å². The fraction of sp³-hybridized carbons (Fsp3) is 0.476. The number of nitrogens with zero attached hydrogens (tertiary/aromatic N) is 1. The van der Waals surface area contributed by atoms with Gasteiger partial charge in [-0.05, 0) is 67.4 Å². The van der Waals surface area contributed by atoms with E-state index in [0.717, 1.165) is 49.5 Å². The standard InChI is InChI=1S/C21H27NO3S/c1-16(24)20-10-18(13-26-20)12-22-8-4-7-21(14-22,15-23)11-17-5-3-6-19(9-17)25-2/h3,5-6,9-10,13,23H,4,7-8,11-12,14-15H2,1-2H3. The van der Waals surface area contributed by atoms with Crippen LogP contribution in [0.2, 0.25) is 0 Å². The van der Waals surface area contributed by atoms with Crippen LogP contribution in [-0.2, 0) is 13.0 Å². The van der Waals surface area contributed by atoms with Crippen molar-refractivity contribution in [3.63, 3.8) is 0 Å². The first-order chi connectivity index (χ1) is 12.5. The zero-order chi connectivity index (χ0) is 18.6. The fourth-order valence-corrected chi connectivity index (χ4v) is 4.70. The SMILES string of the molecule is COc1cccc(CC2(CO)CCCN(Cc3csc(C(C)=O)c3)C2)c1. The molecule has 0 saturated carbocycles. The molecule has 0 aliphatic carbocycles. The number of benzene rings is 1. The van der Waals surface area contributed by atoms with E-state index in [2.05, 4.69) is 22.4 Å². The maximum atomic E-state index is 11.5. The summed E-state index contributed by atoms with van der Waals surface area (Å²) in [6.45, 7) is 4.53. The number of carbonyl (C=O) groups excluding carboxylic acids is 1. The summed E-state index contributed by atoms with van der Waals surface area (Å²) in [4.78, 5) is 14.7. The number of hydrogen-bond acceptors (Lipinski definition) is 5. The van der Waals surface area contributed by atoms with Gasteiger partial charge in [0.05, 0.1) is 18.6 Å². The maximum absolute atomic E-state index is 11.5. The molecule has 0 amide bonds. The average Bonchev–Trinajstić information content (AvgIpc) is 3.11. The Hall–Kier alpha value is -1.69. The molecule has 1 aromatic carbocycles. The molecule has 1 aliphatic rings. The zero-order valence-electron chi connectivity index (χ0n) is 15.5. The van der Waals surface area contributed by atoms with Gasteiger partial charge in [0, 0.05) is 18.5 Å². The van der Waals surface area contributed by atoms with Crippen LogP contribution < -0.4 is 4.74 Å². The largest absolute Gasteiger partial charge is 0.497 e. The topological polar surface area (TPSA) is 49.8 Å². The van der Waals surface area contributed by atoms with Crippen molar-refractivity contribution >= 4 is 17.1 Å². The number of rotatable bonds is 7. The third-order valence-electron chi connectivity index (χ3n) is 5.20. The van der Waals surface area contributed by atoms with Gasteiger partial charge in [0.1, 0.15) is 5.75 Å². The number of aliphatic hydroxyl groups excluding tert-OH is 1. The zero-order valence-corrected chi connectivity index (χ0v) is 16.3. The van der Waals surface area contributed by atoms with Crippen molar-refractivity contribution in [2.24, 2.45) is 5.41 Å². The molecule has 1 N–H and O–H groups in total. The Morgan fingerprint density at radius 3 is 2.88 bits per heavy atom. The quantitative estimate of drug-likeness (QED) is 0.751. The van der Waals surface area contributed by atoms with Crippen molar-refractivity contribution < 1.29 is 14.6 Å². The smallest absolute Gasteiger partial charge is 0.169 e. The van der Waals surface area contributed by atoms with Gasteiger partial charge in [0.25, 0.3) is 0 Å². The summed E-state index contributed by atoms with van der Waals surface area (Å²) in [5.41, 5.74) is 2.27. The van der Waals surface area contributed by atoms with Gasteiger partial charge in [-0.2, -0.15) is 0 Å². The van der Waals surface area contributed by atoms with Crippen LogP contribution in [0.5, 0.6) is 5.75 Å². The number of carbonyl (C=O) groups is 1. The van der Waals surface area contributed by atoms with Crippen molar-refractivity contribution in [1.29, 1.82) is 0 Å². The maximum Gasteiger partial charge on any atom is 0.169 e. The molecule has 2 heterocycles. The molecule has 4 nitrogen and oxygen atoms in total. The lowest BCUT2D eigenvalue weighted by Crippen LogP contribution is -2.46. The number of hydrogen-bond donors (Lipinski definition) is 1. The summed E-state index contributed by atoms with van der Waals surface area (Å²) in [6, 6.07) is 10.1. The van der Waals surface area contributed by atoms with E-state index in [9.17, 15) is 9.90 Å². The van der Waals surface area contributed by atoms with Gasteiger partial charge in [-0.3, -0.25) is 9.69 Å². The predicted molar refractivity (Wildman–Crippen MR) is 105 cm³/mol. The van der Waals surface area contributed by atoms with Gasteiger partial charge in [-0.15, -0.1) is 11.3 Å². The average molecular weight is 374 g/mol. The van der Waals surface area contributed by atoms with Gasteiger partial charge in [0.2, 0.25) is 0 Å². The third-order valence-corrected chi connectivity index (χ3v) is 6.28. The molecule has 1 saturated heterocycles. The second-order valence-corrected chi connectivity index (χ2v) is 8.29. The first kappa shape index (κ1) is 19.1. The molecule has 1 aromatic heterocycles. The van der Waals surface area contributed by atoms with Gasteiger partial charge in [-0.1, -0.05) is 12.1 Å². The molecule has 140 valence electrons. The number of Topliss-reactive ketones (excluding diaryl/α,β-unsaturated/α-hetero) is 1. The van der Waals surface area contributed by atoms with Crippen LogP contribution in [0, 0.1) is 5.41 Å². The van der Waals surface area contributed by atoms with Crippen LogP contribution in [0.25, 0.3) is 0 Å². The summed E-state index contributed by atoms with van der Waals surface area (Å²) < 4.78 is 5.33. The number of ether oxygens (including phenoxy) is 1. The Morgan fingerprint density at radius 1 is 1.35 bits per heavy atom. The van der Waals surface area contributed by atoms with Crippen molar-refractivity contribution in [3.8, 4) is 5.75 Å². The summed E-state index contributed by atoms with van der Waals surface area (Å²) in [6.07, 6.45) is 2.95. The summed E-state index contributed by atoms with van der Waals surface area (Å²) in [5.74, 6) is 0.987. The van der Waals surface area contributed by atoms with E-state index in [1.165, 1.54) is 22.5 Å². The molecule has 1 atom stereocenters. The van der Waals surface area contributed by atoms with Gasteiger partial charge in [0.15, 0.2) is 5.78 Å². The fourth-order valence-electron chi connectivity index (χ4n) is 3.89. The number of methoxy groups -OCH3 is 1. The normalized spacial score (nSPS) is 20.9. The van der Waals surface area contributed by atoms with Crippen LogP contribution >= 0.6 is 11.3 Å². The van der Waals surface area contributed by atoms with Crippen LogP contribution in [0.1, 0.15) is 40.6 Å². The van der Waals surface area contributed by atoms with E-state index in [-0.39, 0.29) is 17.8 Å². The number of ketones is 1. The minimum atomic E-state index is -0.121. The highest BCUT2D eigenvalue weighted by atomic mass is 32.1. The number of likely N-dealkylation sites (tertiary alicyclic amines) is 1. The Bertz CT molecular complexity index is 757. The van der Waals surface area contributed by atoms with Crippen LogP contribution in [0.3, 0.4) is 0 Å². The monoisotopic (exact) mass is 373 g/mol. The lowest BCUT2D eigenvalue weighted by atomic mass is 9.75. The highest BCUT2D eigenvalue weighted by Gasteiger charge is 2.35. The molecule has 3 rings (SSSR count). The Kier molecular flexibility index (Phi) is 6.12. The van der Waals surface area contributed by atoms with Gasteiger partial charge >= 0.3 is 0 Å². The molecule has 1 fully saturated rings. The van der Waals surface area contributed by atoms with Crippen LogP contribution in [0.15, 0.2) is 35.7 Å². The second-order valence-electron chi connectivity index (χ2n) is 7.38. The van der Waals surface area contributed by atoms with Crippen LogP contribution in [-0.4, -0.2) is 42.6 Å². The number of aliphatic hydroxyl groups is 1. The van der Waals surface area contributed by atoms with E-state index in [4.69, 9.17) is 4.74 Å². The highest BCUT2D eigenvalue weighted by molar-refractivity contribution is 7.12. The molecule has 26 heavy (non-hydrogen) atoms. The minimum absolute atomic E-state index is 0.121.